The lowest BCUT2D eigenvalue weighted by Crippen LogP contribution is -2.41. The lowest BCUT2D eigenvalue weighted by Gasteiger charge is -2.26. The number of hydrogen-bond acceptors (Lipinski definition) is 5. The van der Waals surface area contributed by atoms with Crippen LogP contribution in [0, 0.1) is 6.92 Å². The van der Waals surface area contributed by atoms with E-state index in [-0.39, 0.29) is 5.91 Å². The van der Waals surface area contributed by atoms with Crippen LogP contribution in [0.5, 0.6) is 0 Å². The molecule has 1 fully saturated rings. The summed E-state index contributed by atoms with van der Waals surface area (Å²) in [6.07, 6.45) is 0. The van der Waals surface area contributed by atoms with Crippen molar-refractivity contribution < 1.29 is 9.53 Å². The number of morpholine rings is 1. The van der Waals surface area contributed by atoms with Gasteiger partial charge >= 0.3 is 0 Å². The maximum Gasteiger partial charge on any atom is 0.233 e. The molecule has 0 aliphatic carbocycles. The van der Waals surface area contributed by atoms with Gasteiger partial charge in [0, 0.05) is 18.7 Å². The van der Waals surface area contributed by atoms with E-state index >= 15 is 0 Å². The molecule has 2 aromatic carbocycles. The van der Waals surface area contributed by atoms with Crippen LogP contribution in [-0.4, -0.2) is 57.6 Å². The van der Waals surface area contributed by atoms with Crippen molar-refractivity contribution in [1.82, 2.24) is 19.7 Å². The zero-order chi connectivity index (χ0) is 21.8. The largest absolute Gasteiger partial charge is 0.378 e. The number of aryl methyl sites for hydroxylation is 1. The van der Waals surface area contributed by atoms with Crippen LogP contribution in [0.25, 0.3) is 17.1 Å². The molecule has 0 unspecified atom stereocenters. The van der Waals surface area contributed by atoms with E-state index in [4.69, 9.17) is 4.74 Å². The van der Waals surface area contributed by atoms with Crippen LogP contribution in [0.4, 0.5) is 0 Å². The molecular weight excluding hydrogens is 408 g/mol. The fourth-order valence-corrected chi connectivity index (χ4v) is 4.53. The molecule has 1 aromatic heterocycles. The van der Waals surface area contributed by atoms with E-state index in [2.05, 4.69) is 78.0 Å². The Morgan fingerprint density at radius 3 is 2.48 bits per heavy atom. The van der Waals surface area contributed by atoms with Gasteiger partial charge < -0.3 is 9.64 Å². The van der Waals surface area contributed by atoms with Gasteiger partial charge in [0.25, 0.3) is 0 Å². The number of benzene rings is 2. The Kier molecular flexibility index (Phi) is 6.73. The molecule has 7 heteroatoms. The van der Waals surface area contributed by atoms with Gasteiger partial charge in [0.1, 0.15) is 0 Å². The van der Waals surface area contributed by atoms with Gasteiger partial charge in [0.15, 0.2) is 11.0 Å². The van der Waals surface area contributed by atoms with Crippen LogP contribution in [-0.2, 0) is 9.53 Å². The van der Waals surface area contributed by atoms with Crippen molar-refractivity contribution in [3.05, 3.63) is 59.7 Å². The Bertz CT molecular complexity index is 1040. The van der Waals surface area contributed by atoms with Crippen LogP contribution in [0.15, 0.2) is 53.7 Å². The fraction of sp³-hybridized carbons (Fsp3) is 0.375. The third-order valence-electron chi connectivity index (χ3n) is 5.43. The van der Waals surface area contributed by atoms with E-state index < -0.39 is 0 Å². The summed E-state index contributed by atoms with van der Waals surface area (Å²) in [7, 11) is 0. The molecule has 1 aliphatic heterocycles. The molecule has 0 atom stereocenters. The minimum absolute atomic E-state index is 0.108. The van der Waals surface area contributed by atoms with E-state index in [0.29, 0.717) is 38.0 Å². The monoisotopic (exact) mass is 436 g/mol. The number of rotatable bonds is 6. The standard InChI is InChI=1S/C24H28N4O2S/c1-17(2)20-6-4-5-7-21(20)28-23(19-10-8-18(3)9-11-19)25-26-24(28)31-16-22(29)27-12-14-30-15-13-27/h4-11,17H,12-16H2,1-3H3. The van der Waals surface area contributed by atoms with Gasteiger partial charge in [-0.2, -0.15) is 0 Å². The van der Waals surface area contributed by atoms with Gasteiger partial charge in [0.05, 0.1) is 24.7 Å². The van der Waals surface area contributed by atoms with E-state index in [1.165, 1.54) is 22.9 Å². The van der Waals surface area contributed by atoms with E-state index in [1.807, 2.05) is 11.0 Å². The number of nitrogens with zero attached hydrogens (tertiary/aromatic N) is 4. The normalized spacial score (nSPS) is 14.3. The summed E-state index contributed by atoms with van der Waals surface area (Å²) in [4.78, 5) is 14.6. The molecule has 162 valence electrons. The Morgan fingerprint density at radius 2 is 1.77 bits per heavy atom. The van der Waals surface area contributed by atoms with Crippen molar-refractivity contribution in [2.45, 2.75) is 31.8 Å². The molecular formula is C24H28N4O2S. The number of thioether (sulfide) groups is 1. The minimum atomic E-state index is 0.108. The quantitative estimate of drug-likeness (QED) is 0.539. The first-order chi connectivity index (χ1) is 15.0. The maximum atomic E-state index is 12.7. The third-order valence-corrected chi connectivity index (χ3v) is 6.35. The van der Waals surface area contributed by atoms with Crippen molar-refractivity contribution in [2.24, 2.45) is 0 Å². The smallest absolute Gasteiger partial charge is 0.233 e. The van der Waals surface area contributed by atoms with Gasteiger partial charge in [-0.3, -0.25) is 9.36 Å². The molecule has 2 heterocycles. The van der Waals surface area contributed by atoms with Gasteiger partial charge in [-0.25, -0.2) is 0 Å². The number of carbonyl (C=O) groups is 1. The van der Waals surface area contributed by atoms with Crippen molar-refractivity contribution in [3.8, 4) is 17.1 Å². The van der Waals surface area contributed by atoms with Crippen LogP contribution < -0.4 is 0 Å². The minimum Gasteiger partial charge on any atom is -0.378 e. The second-order valence-corrected chi connectivity index (χ2v) is 8.95. The summed E-state index contributed by atoms with van der Waals surface area (Å²) >= 11 is 1.44. The summed E-state index contributed by atoms with van der Waals surface area (Å²) in [6, 6.07) is 16.6. The highest BCUT2D eigenvalue weighted by molar-refractivity contribution is 7.99. The summed E-state index contributed by atoms with van der Waals surface area (Å²) in [6.45, 7) is 8.94. The Hall–Kier alpha value is -2.64. The maximum absolute atomic E-state index is 12.7. The molecule has 31 heavy (non-hydrogen) atoms. The van der Waals surface area contributed by atoms with Crippen molar-refractivity contribution in [1.29, 1.82) is 0 Å². The first kappa shape index (κ1) is 21.6. The number of aromatic nitrogens is 3. The zero-order valence-electron chi connectivity index (χ0n) is 18.2. The molecule has 0 radical (unpaired) electrons. The highest BCUT2D eigenvalue weighted by Crippen LogP contribution is 2.32. The SMILES string of the molecule is Cc1ccc(-c2nnc(SCC(=O)N3CCOCC3)n2-c2ccccc2C(C)C)cc1. The summed E-state index contributed by atoms with van der Waals surface area (Å²) < 4.78 is 7.45. The van der Waals surface area contributed by atoms with Crippen LogP contribution >= 0.6 is 11.8 Å². The summed E-state index contributed by atoms with van der Waals surface area (Å²) in [5.74, 6) is 1.57. The van der Waals surface area contributed by atoms with Crippen LogP contribution in [0.1, 0.15) is 30.9 Å². The van der Waals surface area contributed by atoms with Gasteiger partial charge in [-0.15, -0.1) is 10.2 Å². The average molecular weight is 437 g/mol. The first-order valence-corrected chi connectivity index (χ1v) is 11.6. The second-order valence-electron chi connectivity index (χ2n) is 8.00. The molecule has 4 rings (SSSR count). The van der Waals surface area contributed by atoms with E-state index in [9.17, 15) is 4.79 Å². The lowest BCUT2D eigenvalue weighted by atomic mass is 10.0. The topological polar surface area (TPSA) is 60.3 Å². The molecule has 0 spiro atoms. The fourth-order valence-electron chi connectivity index (χ4n) is 3.68. The molecule has 0 bridgehead atoms. The Balaban J connectivity index is 1.70. The summed E-state index contributed by atoms with van der Waals surface area (Å²) in [5, 5.41) is 9.75. The highest BCUT2D eigenvalue weighted by atomic mass is 32.2. The van der Waals surface area contributed by atoms with Gasteiger partial charge in [0.2, 0.25) is 5.91 Å². The number of hydrogen-bond donors (Lipinski definition) is 0. The molecule has 3 aromatic rings. The van der Waals surface area contributed by atoms with Gasteiger partial charge in [-0.1, -0.05) is 73.6 Å². The first-order valence-electron chi connectivity index (χ1n) is 10.6. The van der Waals surface area contributed by atoms with Gasteiger partial charge in [-0.05, 0) is 24.5 Å². The third kappa shape index (κ3) is 4.83. The highest BCUT2D eigenvalue weighted by Gasteiger charge is 2.22. The van der Waals surface area contributed by atoms with E-state index in [0.717, 1.165) is 22.2 Å². The molecule has 0 N–H and O–H groups in total. The second kappa shape index (κ2) is 9.66. The van der Waals surface area contributed by atoms with Crippen molar-refractivity contribution in [2.75, 3.05) is 32.1 Å². The Labute approximate surface area is 187 Å². The van der Waals surface area contributed by atoms with Crippen molar-refractivity contribution >= 4 is 17.7 Å². The summed E-state index contributed by atoms with van der Waals surface area (Å²) in [5.41, 5.74) is 4.47. The molecule has 1 aliphatic rings. The Morgan fingerprint density at radius 1 is 1.06 bits per heavy atom. The van der Waals surface area contributed by atoms with Crippen LogP contribution in [0.3, 0.4) is 0 Å². The zero-order valence-corrected chi connectivity index (χ0v) is 19.1. The predicted octanol–water partition coefficient (Wildman–Crippen LogP) is 4.32. The molecule has 1 saturated heterocycles. The van der Waals surface area contributed by atoms with E-state index in [1.54, 1.807) is 0 Å². The molecule has 6 nitrogen and oxygen atoms in total. The molecule has 1 amide bonds. The number of carbonyl (C=O) groups excluding carboxylic acids is 1. The average Bonchev–Trinajstić information content (AvgIpc) is 3.22. The van der Waals surface area contributed by atoms with Crippen LogP contribution in [0.2, 0.25) is 0 Å². The lowest BCUT2D eigenvalue weighted by molar-refractivity contribution is -0.132. The van der Waals surface area contributed by atoms with Crippen molar-refractivity contribution in [3.63, 3.8) is 0 Å². The predicted molar refractivity (Wildman–Crippen MR) is 124 cm³/mol. The number of amides is 1. The molecule has 0 saturated carbocycles. The number of para-hydroxylation sites is 1. The number of ether oxygens (including phenoxy) is 1.